The van der Waals surface area contributed by atoms with Crippen LogP contribution in [0.3, 0.4) is 0 Å². The Morgan fingerprint density at radius 1 is 1.54 bits per heavy atom. The zero-order valence-electron chi connectivity index (χ0n) is 7.41. The van der Waals surface area contributed by atoms with Crippen LogP contribution < -0.4 is 0 Å². The first kappa shape index (κ1) is 13.7. The highest BCUT2D eigenvalue weighted by atomic mass is 35.5. The first-order valence-electron chi connectivity index (χ1n) is 3.71. The maximum absolute atomic E-state index is 11.4. The lowest BCUT2D eigenvalue weighted by Gasteiger charge is -2.27. The first-order valence-corrected chi connectivity index (χ1v) is 6.05. The van der Waals surface area contributed by atoms with Gasteiger partial charge in [0, 0.05) is 0 Å². The Balaban J connectivity index is 4.51. The van der Waals surface area contributed by atoms with Crippen LogP contribution in [0.5, 0.6) is 0 Å². The molecule has 0 aliphatic rings. The molecule has 0 fully saturated rings. The fourth-order valence-electron chi connectivity index (χ4n) is 0.577. The van der Waals surface area contributed by atoms with E-state index in [0.717, 1.165) is 0 Å². The average Bonchev–Trinajstić information content (AvgIpc) is 2.00. The molecule has 80 valence electrons. The molecule has 0 saturated carbocycles. The van der Waals surface area contributed by atoms with Crippen LogP contribution in [0, 0.1) is 5.92 Å². The summed E-state index contributed by atoms with van der Waals surface area (Å²) >= 11 is 11.3. The molecule has 0 amide bonds. The third-order valence-corrected chi connectivity index (χ3v) is 5.39. The van der Waals surface area contributed by atoms with Crippen molar-refractivity contribution in [3.05, 3.63) is 0 Å². The summed E-state index contributed by atoms with van der Waals surface area (Å²) in [6, 6.07) is 0. The largest absolute Gasteiger partial charge is 0.394 e. The molecule has 0 rings (SSSR count). The normalized spacial score (nSPS) is 17.5. The minimum atomic E-state index is -4.10. The quantitative estimate of drug-likeness (QED) is 0.579. The minimum absolute atomic E-state index is 0.262. The van der Waals surface area contributed by atoms with Crippen molar-refractivity contribution in [2.24, 2.45) is 5.92 Å². The molecular formula is C6H13Cl2O4P. The van der Waals surface area contributed by atoms with Gasteiger partial charge in [0.2, 0.25) is 4.07 Å². The second-order valence-electron chi connectivity index (χ2n) is 2.82. The fraction of sp³-hybridized carbons (Fsp3) is 1.00. The van der Waals surface area contributed by atoms with E-state index in [1.807, 2.05) is 0 Å². The topological polar surface area (TPSA) is 66.8 Å². The number of aliphatic hydroxyl groups excluding tert-OH is 1. The number of alkyl halides is 2. The Morgan fingerprint density at radius 3 is 2.31 bits per heavy atom. The molecule has 0 aromatic rings. The molecule has 7 heteroatoms. The summed E-state index contributed by atoms with van der Waals surface area (Å²) in [4.78, 5) is 9.30. The van der Waals surface area contributed by atoms with Gasteiger partial charge in [-0.05, 0) is 5.92 Å². The van der Waals surface area contributed by atoms with Gasteiger partial charge in [0.05, 0.1) is 13.2 Å². The monoisotopic (exact) mass is 250 g/mol. The summed E-state index contributed by atoms with van der Waals surface area (Å²) in [5.74, 6) is -0.426. The summed E-state index contributed by atoms with van der Waals surface area (Å²) < 4.78 is 14.1. The average molecular weight is 251 g/mol. The summed E-state index contributed by atoms with van der Waals surface area (Å²) in [5.41, 5.74) is 0. The number of rotatable bonds is 5. The van der Waals surface area contributed by atoms with Crippen LogP contribution in [0.4, 0.5) is 0 Å². The zero-order chi connectivity index (χ0) is 10.7. The van der Waals surface area contributed by atoms with E-state index in [-0.39, 0.29) is 13.2 Å². The Bertz CT molecular complexity index is 207. The van der Waals surface area contributed by atoms with Crippen LogP contribution in [0.1, 0.15) is 13.8 Å². The van der Waals surface area contributed by atoms with Gasteiger partial charge in [-0.25, -0.2) is 0 Å². The molecule has 0 bridgehead atoms. The lowest BCUT2D eigenvalue weighted by Crippen LogP contribution is -2.23. The zero-order valence-corrected chi connectivity index (χ0v) is 9.81. The lowest BCUT2D eigenvalue weighted by atomic mass is 10.3. The Morgan fingerprint density at radius 2 is 2.00 bits per heavy atom. The van der Waals surface area contributed by atoms with E-state index < -0.39 is 17.6 Å². The summed E-state index contributed by atoms with van der Waals surface area (Å²) in [6.45, 7) is 2.59. The third kappa shape index (κ3) is 3.39. The molecule has 2 N–H and O–H groups in total. The first-order chi connectivity index (χ1) is 5.75. The van der Waals surface area contributed by atoms with Crippen molar-refractivity contribution in [1.82, 2.24) is 0 Å². The molecule has 0 aliphatic carbocycles. The van der Waals surface area contributed by atoms with Gasteiger partial charge in [0.25, 0.3) is 0 Å². The van der Waals surface area contributed by atoms with E-state index >= 15 is 0 Å². The van der Waals surface area contributed by atoms with Crippen molar-refractivity contribution in [3.8, 4) is 0 Å². The molecule has 1 unspecified atom stereocenters. The smallest absolute Gasteiger partial charge is 0.364 e. The predicted molar refractivity (Wildman–Crippen MR) is 52.1 cm³/mol. The Hall–Kier alpha value is 0.690. The van der Waals surface area contributed by atoms with Crippen molar-refractivity contribution < 1.29 is 19.1 Å². The molecule has 0 aliphatic heterocycles. The molecule has 0 saturated heterocycles. The highest BCUT2D eigenvalue weighted by Gasteiger charge is 2.48. The summed E-state index contributed by atoms with van der Waals surface area (Å²) in [5, 5.41) is 8.39. The number of aliphatic hydroxyl groups is 1. The van der Waals surface area contributed by atoms with Crippen LogP contribution >= 0.6 is 30.8 Å². The van der Waals surface area contributed by atoms with Crippen molar-refractivity contribution in [2.45, 2.75) is 17.9 Å². The fourth-order valence-corrected chi connectivity index (χ4v) is 2.02. The van der Waals surface area contributed by atoms with Crippen molar-refractivity contribution in [2.75, 3.05) is 13.2 Å². The van der Waals surface area contributed by atoms with E-state index in [1.165, 1.54) is 0 Å². The molecule has 0 spiro atoms. The Labute approximate surface area is 87.3 Å². The molecule has 0 radical (unpaired) electrons. The van der Waals surface area contributed by atoms with Gasteiger partial charge >= 0.3 is 7.60 Å². The molecular weight excluding hydrogens is 238 g/mol. The van der Waals surface area contributed by atoms with Crippen LogP contribution in [0.25, 0.3) is 0 Å². The third-order valence-electron chi connectivity index (χ3n) is 1.43. The standard InChI is InChI=1S/C6H13Cl2O4P/c1-5(2)6(7,8)13(10,11)12-4-3-9/h5,9H,3-4H2,1-2H3,(H,10,11). The molecule has 1 atom stereocenters. The number of hydrogen-bond acceptors (Lipinski definition) is 3. The molecule has 0 aromatic heterocycles. The van der Waals surface area contributed by atoms with Crippen LogP contribution in [-0.4, -0.2) is 27.3 Å². The second-order valence-corrected chi connectivity index (χ2v) is 6.74. The maximum atomic E-state index is 11.4. The van der Waals surface area contributed by atoms with Crippen LogP contribution in [-0.2, 0) is 9.09 Å². The maximum Gasteiger partial charge on any atom is 0.364 e. The van der Waals surface area contributed by atoms with E-state index in [0.29, 0.717) is 0 Å². The SMILES string of the molecule is CC(C)C(Cl)(Cl)P(=O)(O)OCCO. The molecule has 13 heavy (non-hydrogen) atoms. The van der Waals surface area contributed by atoms with E-state index in [4.69, 9.17) is 28.3 Å². The van der Waals surface area contributed by atoms with Crippen molar-refractivity contribution in [1.29, 1.82) is 0 Å². The summed E-state index contributed by atoms with van der Waals surface area (Å²) in [6.07, 6.45) is 0. The van der Waals surface area contributed by atoms with Crippen molar-refractivity contribution in [3.63, 3.8) is 0 Å². The van der Waals surface area contributed by atoms with Gasteiger partial charge < -0.3 is 14.5 Å². The lowest BCUT2D eigenvalue weighted by molar-refractivity contribution is 0.178. The predicted octanol–water partition coefficient (Wildman–Crippen LogP) is 1.97. The second kappa shape index (κ2) is 4.96. The van der Waals surface area contributed by atoms with E-state index in [1.54, 1.807) is 13.8 Å². The van der Waals surface area contributed by atoms with Gasteiger partial charge in [0.15, 0.2) is 0 Å². The molecule has 0 aromatic carbocycles. The van der Waals surface area contributed by atoms with Crippen molar-refractivity contribution >= 4 is 30.8 Å². The number of halogens is 2. The van der Waals surface area contributed by atoms with Gasteiger partial charge in [-0.2, -0.15) is 0 Å². The Kier molecular flexibility index (Phi) is 5.23. The molecule has 0 heterocycles. The van der Waals surface area contributed by atoms with E-state index in [2.05, 4.69) is 4.52 Å². The molecule has 4 nitrogen and oxygen atoms in total. The van der Waals surface area contributed by atoms with Crippen LogP contribution in [0.2, 0.25) is 0 Å². The highest BCUT2D eigenvalue weighted by molar-refractivity contribution is 7.59. The van der Waals surface area contributed by atoms with Gasteiger partial charge in [-0.15, -0.1) is 0 Å². The van der Waals surface area contributed by atoms with Gasteiger partial charge in [-0.1, -0.05) is 37.0 Å². The highest BCUT2D eigenvalue weighted by Crippen LogP contribution is 2.63. The van der Waals surface area contributed by atoms with Gasteiger partial charge in [0.1, 0.15) is 0 Å². The number of hydrogen-bond donors (Lipinski definition) is 2. The van der Waals surface area contributed by atoms with Crippen LogP contribution in [0.15, 0.2) is 0 Å². The summed E-state index contributed by atoms with van der Waals surface area (Å²) in [7, 11) is -4.10. The van der Waals surface area contributed by atoms with E-state index in [9.17, 15) is 9.46 Å². The van der Waals surface area contributed by atoms with Gasteiger partial charge in [-0.3, -0.25) is 4.57 Å². The minimum Gasteiger partial charge on any atom is -0.394 e.